The Morgan fingerprint density at radius 1 is 1.38 bits per heavy atom. The first-order chi connectivity index (χ1) is 6.22. The molecule has 1 rings (SSSR count). The third kappa shape index (κ3) is 4.00. The molecule has 0 unspecified atom stereocenters. The van der Waals surface area contributed by atoms with Gasteiger partial charge in [0.05, 0.1) is 0 Å². The Bertz CT molecular complexity index is 134. The van der Waals surface area contributed by atoms with Crippen molar-refractivity contribution in [2.24, 2.45) is 0 Å². The van der Waals surface area contributed by atoms with E-state index in [2.05, 4.69) is 10.2 Å². The molecule has 2 nitrogen and oxygen atoms in total. The van der Waals surface area contributed by atoms with Crippen LogP contribution in [0.15, 0.2) is 0 Å². The van der Waals surface area contributed by atoms with E-state index < -0.39 is 6.43 Å². The molecule has 1 aliphatic rings. The first-order valence-corrected chi connectivity index (χ1v) is 4.90. The van der Waals surface area contributed by atoms with Gasteiger partial charge in [0.1, 0.15) is 0 Å². The maximum atomic E-state index is 11.9. The van der Waals surface area contributed by atoms with E-state index in [-0.39, 0.29) is 6.42 Å². The largest absolute Gasteiger partial charge is 0.317 e. The number of nitrogens with one attached hydrogen (secondary N) is 1. The molecule has 1 N–H and O–H groups in total. The molecule has 1 saturated heterocycles. The Hall–Kier alpha value is -0.220. The van der Waals surface area contributed by atoms with Gasteiger partial charge in [0, 0.05) is 19.0 Å². The van der Waals surface area contributed by atoms with Crippen LogP contribution in [0.5, 0.6) is 0 Å². The van der Waals surface area contributed by atoms with E-state index in [0.29, 0.717) is 12.6 Å². The SMILES string of the molecule is CNC1CCN(CCC(F)F)CC1. The molecule has 4 heteroatoms. The molecule has 0 radical (unpaired) electrons. The molecular weight excluding hydrogens is 174 g/mol. The van der Waals surface area contributed by atoms with Crippen molar-refractivity contribution in [2.75, 3.05) is 26.7 Å². The lowest BCUT2D eigenvalue weighted by molar-refractivity contribution is 0.106. The second-order valence-electron chi connectivity index (χ2n) is 3.58. The Kier molecular flexibility index (Phi) is 4.59. The van der Waals surface area contributed by atoms with Gasteiger partial charge in [-0.05, 0) is 33.0 Å². The Morgan fingerprint density at radius 3 is 2.46 bits per heavy atom. The summed E-state index contributed by atoms with van der Waals surface area (Å²) in [7, 11) is 1.96. The van der Waals surface area contributed by atoms with Crippen LogP contribution in [-0.4, -0.2) is 44.0 Å². The molecule has 0 saturated carbocycles. The Balaban J connectivity index is 2.10. The number of likely N-dealkylation sites (tertiary alicyclic amines) is 1. The zero-order valence-corrected chi connectivity index (χ0v) is 8.10. The highest BCUT2D eigenvalue weighted by atomic mass is 19.3. The highest BCUT2D eigenvalue weighted by Gasteiger charge is 2.17. The second kappa shape index (κ2) is 5.50. The van der Waals surface area contributed by atoms with E-state index >= 15 is 0 Å². The van der Waals surface area contributed by atoms with Crippen molar-refractivity contribution < 1.29 is 8.78 Å². The Morgan fingerprint density at radius 2 is 2.00 bits per heavy atom. The molecule has 78 valence electrons. The van der Waals surface area contributed by atoms with Crippen LogP contribution in [0.3, 0.4) is 0 Å². The maximum absolute atomic E-state index is 11.9. The first-order valence-electron chi connectivity index (χ1n) is 4.90. The van der Waals surface area contributed by atoms with E-state index in [1.165, 1.54) is 0 Å². The summed E-state index contributed by atoms with van der Waals surface area (Å²) in [5.41, 5.74) is 0. The van der Waals surface area contributed by atoms with Crippen molar-refractivity contribution in [3.63, 3.8) is 0 Å². The van der Waals surface area contributed by atoms with Crippen molar-refractivity contribution in [3.8, 4) is 0 Å². The van der Waals surface area contributed by atoms with Crippen molar-refractivity contribution in [1.29, 1.82) is 0 Å². The van der Waals surface area contributed by atoms with Gasteiger partial charge in [-0.1, -0.05) is 0 Å². The summed E-state index contributed by atoms with van der Waals surface area (Å²) >= 11 is 0. The van der Waals surface area contributed by atoms with Crippen LogP contribution in [0.1, 0.15) is 19.3 Å². The number of hydrogen-bond donors (Lipinski definition) is 1. The Labute approximate surface area is 78.3 Å². The third-order valence-electron chi connectivity index (χ3n) is 2.66. The van der Waals surface area contributed by atoms with Gasteiger partial charge in [0.15, 0.2) is 0 Å². The second-order valence-corrected chi connectivity index (χ2v) is 3.58. The predicted molar refractivity (Wildman–Crippen MR) is 49.1 cm³/mol. The quantitative estimate of drug-likeness (QED) is 0.722. The van der Waals surface area contributed by atoms with Crippen molar-refractivity contribution >= 4 is 0 Å². The third-order valence-corrected chi connectivity index (χ3v) is 2.66. The minimum atomic E-state index is -2.15. The van der Waals surface area contributed by atoms with Gasteiger partial charge in [0.25, 0.3) is 0 Å². The fourth-order valence-corrected chi connectivity index (χ4v) is 1.73. The molecule has 0 atom stereocenters. The number of hydrogen-bond acceptors (Lipinski definition) is 2. The molecule has 0 aromatic heterocycles. The van der Waals surface area contributed by atoms with Gasteiger partial charge < -0.3 is 10.2 Å². The average Bonchev–Trinajstić information content (AvgIpc) is 2.15. The number of nitrogens with zero attached hydrogens (tertiary/aromatic N) is 1. The van der Waals surface area contributed by atoms with Gasteiger partial charge in [-0.15, -0.1) is 0 Å². The minimum absolute atomic E-state index is 0.0181. The summed E-state index contributed by atoms with van der Waals surface area (Å²) in [5.74, 6) is 0. The molecular formula is C9H18F2N2. The molecule has 1 fully saturated rings. The van der Waals surface area contributed by atoms with Crippen molar-refractivity contribution in [1.82, 2.24) is 10.2 Å². The van der Waals surface area contributed by atoms with Crippen LogP contribution in [-0.2, 0) is 0 Å². The number of halogens is 2. The van der Waals surface area contributed by atoms with Crippen LogP contribution in [0.4, 0.5) is 8.78 Å². The molecule has 0 aliphatic carbocycles. The van der Waals surface area contributed by atoms with E-state index in [1.807, 2.05) is 7.05 Å². The normalized spacial score (nSPS) is 21.2. The van der Waals surface area contributed by atoms with E-state index in [9.17, 15) is 8.78 Å². The molecule has 0 amide bonds. The van der Waals surface area contributed by atoms with E-state index in [0.717, 1.165) is 25.9 Å². The molecule has 0 aromatic rings. The first kappa shape index (κ1) is 10.9. The van der Waals surface area contributed by atoms with E-state index in [4.69, 9.17) is 0 Å². The molecule has 0 bridgehead atoms. The maximum Gasteiger partial charge on any atom is 0.239 e. The van der Waals surface area contributed by atoms with E-state index in [1.54, 1.807) is 0 Å². The lowest BCUT2D eigenvalue weighted by Crippen LogP contribution is -2.41. The van der Waals surface area contributed by atoms with Gasteiger partial charge in [0.2, 0.25) is 6.43 Å². The monoisotopic (exact) mass is 192 g/mol. The minimum Gasteiger partial charge on any atom is -0.317 e. The lowest BCUT2D eigenvalue weighted by atomic mass is 10.1. The number of alkyl halides is 2. The van der Waals surface area contributed by atoms with Gasteiger partial charge in [-0.2, -0.15) is 0 Å². The smallest absolute Gasteiger partial charge is 0.239 e. The van der Waals surface area contributed by atoms with Crippen LogP contribution in [0.2, 0.25) is 0 Å². The summed E-state index contributed by atoms with van der Waals surface area (Å²) in [6.07, 6.45) is 0.0333. The predicted octanol–water partition coefficient (Wildman–Crippen LogP) is 1.33. The topological polar surface area (TPSA) is 15.3 Å². The summed E-state index contributed by atoms with van der Waals surface area (Å²) in [6, 6.07) is 0.586. The van der Waals surface area contributed by atoms with Gasteiger partial charge in [-0.3, -0.25) is 0 Å². The summed E-state index contributed by atoms with van der Waals surface area (Å²) < 4.78 is 23.8. The molecule has 1 heterocycles. The van der Waals surface area contributed by atoms with Crippen molar-refractivity contribution in [3.05, 3.63) is 0 Å². The zero-order chi connectivity index (χ0) is 9.68. The van der Waals surface area contributed by atoms with Crippen LogP contribution < -0.4 is 5.32 Å². The molecule has 0 aromatic carbocycles. The van der Waals surface area contributed by atoms with Crippen LogP contribution in [0.25, 0.3) is 0 Å². The standard InChI is InChI=1S/C9H18F2N2/c1-12-8-2-5-13(6-3-8)7-4-9(10)11/h8-9,12H,2-7H2,1H3. The molecule has 0 spiro atoms. The summed E-state index contributed by atoms with van der Waals surface area (Å²) in [6.45, 7) is 2.46. The highest BCUT2D eigenvalue weighted by Crippen LogP contribution is 2.11. The summed E-state index contributed by atoms with van der Waals surface area (Å²) in [4.78, 5) is 2.12. The van der Waals surface area contributed by atoms with Gasteiger partial charge >= 0.3 is 0 Å². The van der Waals surface area contributed by atoms with Crippen LogP contribution >= 0.6 is 0 Å². The van der Waals surface area contributed by atoms with Crippen LogP contribution in [0, 0.1) is 0 Å². The zero-order valence-electron chi connectivity index (χ0n) is 8.10. The number of rotatable bonds is 4. The summed E-state index contributed by atoms with van der Waals surface area (Å²) in [5, 5.41) is 3.21. The average molecular weight is 192 g/mol. The van der Waals surface area contributed by atoms with Crippen molar-refractivity contribution in [2.45, 2.75) is 31.7 Å². The molecule has 1 aliphatic heterocycles. The fraction of sp³-hybridized carbons (Fsp3) is 1.00. The fourth-order valence-electron chi connectivity index (χ4n) is 1.73. The van der Waals surface area contributed by atoms with Gasteiger partial charge in [-0.25, -0.2) is 8.78 Å². The highest BCUT2D eigenvalue weighted by molar-refractivity contribution is 4.75. The lowest BCUT2D eigenvalue weighted by Gasteiger charge is -2.31. The molecule has 13 heavy (non-hydrogen) atoms. The number of piperidine rings is 1.